The average Bonchev–Trinajstić information content (AvgIpc) is 2.33. The van der Waals surface area contributed by atoms with Crippen LogP contribution in [0.3, 0.4) is 0 Å². The number of carboxylic acids is 1. The molecule has 0 saturated carbocycles. The zero-order valence-corrected chi connectivity index (χ0v) is 12.9. The third-order valence-electron chi connectivity index (χ3n) is 2.38. The standard InChI is InChI=1S/C12H16O3.C4H11N/c1-2-3-8-11(13)9-6-4-5-7-10(9)12(14)15;1-4(2,3)5/h4-7,11,13H,2-3,8H2,1H3,(H,14,15);5H2,1-3H3. The van der Waals surface area contributed by atoms with Crippen LogP contribution in [0.4, 0.5) is 0 Å². The predicted octanol–water partition coefficient (Wildman–Crippen LogP) is 3.35. The van der Waals surface area contributed by atoms with Gasteiger partial charge in [0, 0.05) is 5.54 Å². The van der Waals surface area contributed by atoms with Crippen LogP contribution in [0.25, 0.3) is 0 Å². The zero-order chi connectivity index (χ0) is 15.8. The molecule has 1 atom stereocenters. The van der Waals surface area contributed by atoms with Crippen LogP contribution in [0.15, 0.2) is 24.3 Å². The van der Waals surface area contributed by atoms with Gasteiger partial charge in [-0.25, -0.2) is 4.79 Å². The third-order valence-corrected chi connectivity index (χ3v) is 2.38. The summed E-state index contributed by atoms with van der Waals surface area (Å²) in [6.07, 6.45) is 1.83. The van der Waals surface area contributed by atoms with Gasteiger partial charge >= 0.3 is 5.97 Å². The SMILES string of the molecule is CC(C)(C)N.CCCCC(O)c1ccccc1C(=O)O. The molecular weight excluding hydrogens is 254 g/mol. The largest absolute Gasteiger partial charge is 0.478 e. The first-order valence-electron chi connectivity index (χ1n) is 6.96. The number of benzene rings is 1. The van der Waals surface area contributed by atoms with E-state index in [1.165, 1.54) is 6.07 Å². The van der Waals surface area contributed by atoms with Gasteiger partial charge < -0.3 is 15.9 Å². The van der Waals surface area contributed by atoms with Gasteiger partial charge in [0.05, 0.1) is 11.7 Å². The molecule has 0 radical (unpaired) electrons. The topological polar surface area (TPSA) is 83.5 Å². The molecule has 1 unspecified atom stereocenters. The smallest absolute Gasteiger partial charge is 0.336 e. The molecule has 1 aromatic rings. The van der Waals surface area contributed by atoms with Gasteiger partial charge in [-0.1, -0.05) is 38.0 Å². The van der Waals surface area contributed by atoms with Gasteiger partial charge in [-0.3, -0.25) is 0 Å². The molecule has 0 aliphatic carbocycles. The quantitative estimate of drug-likeness (QED) is 0.772. The van der Waals surface area contributed by atoms with Crippen molar-refractivity contribution in [3.05, 3.63) is 35.4 Å². The molecule has 0 aliphatic rings. The van der Waals surface area contributed by atoms with Gasteiger partial charge in [0.2, 0.25) is 0 Å². The van der Waals surface area contributed by atoms with E-state index in [2.05, 4.69) is 0 Å². The summed E-state index contributed by atoms with van der Waals surface area (Å²) in [5.74, 6) is -0.985. The Hall–Kier alpha value is -1.39. The molecule has 0 bridgehead atoms. The second-order valence-corrected chi connectivity index (χ2v) is 5.92. The number of aromatic carboxylic acids is 1. The first-order valence-corrected chi connectivity index (χ1v) is 6.96. The molecule has 4 nitrogen and oxygen atoms in total. The summed E-state index contributed by atoms with van der Waals surface area (Å²) in [4.78, 5) is 10.9. The number of hydrogen-bond acceptors (Lipinski definition) is 3. The second-order valence-electron chi connectivity index (χ2n) is 5.92. The summed E-state index contributed by atoms with van der Waals surface area (Å²) in [6, 6.07) is 6.60. The Labute approximate surface area is 121 Å². The van der Waals surface area contributed by atoms with E-state index in [4.69, 9.17) is 10.8 Å². The fraction of sp³-hybridized carbons (Fsp3) is 0.562. The van der Waals surface area contributed by atoms with Gasteiger partial charge in [-0.2, -0.15) is 0 Å². The molecule has 4 N–H and O–H groups in total. The molecule has 0 fully saturated rings. The number of rotatable bonds is 5. The van der Waals surface area contributed by atoms with Crippen LogP contribution in [-0.4, -0.2) is 21.7 Å². The minimum atomic E-state index is -0.985. The summed E-state index contributed by atoms with van der Waals surface area (Å²) in [5.41, 5.74) is 6.06. The third kappa shape index (κ3) is 8.67. The van der Waals surface area contributed by atoms with Crippen molar-refractivity contribution in [3.63, 3.8) is 0 Å². The minimum absolute atomic E-state index is 0. The van der Waals surface area contributed by atoms with Crippen molar-refractivity contribution in [1.82, 2.24) is 0 Å². The van der Waals surface area contributed by atoms with Crippen LogP contribution in [0, 0.1) is 0 Å². The lowest BCUT2D eigenvalue weighted by atomic mass is 9.99. The Balaban J connectivity index is 0.000000621. The highest BCUT2D eigenvalue weighted by atomic mass is 16.4. The molecular formula is C16H27NO3. The van der Waals surface area contributed by atoms with Gasteiger partial charge in [0.15, 0.2) is 0 Å². The van der Waals surface area contributed by atoms with E-state index >= 15 is 0 Å². The van der Waals surface area contributed by atoms with Gasteiger partial charge in [0.1, 0.15) is 0 Å². The fourth-order valence-electron chi connectivity index (χ4n) is 1.54. The van der Waals surface area contributed by atoms with Crippen molar-refractivity contribution in [2.24, 2.45) is 5.73 Å². The van der Waals surface area contributed by atoms with E-state index in [1.54, 1.807) is 18.2 Å². The van der Waals surface area contributed by atoms with Crippen molar-refractivity contribution in [2.75, 3.05) is 0 Å². The minimum Gasteiger partial charge on any atom is -0.478 e. The fourth-order valence-corrected chi connectivity index (χ4v) is 1.54. The molecule has 1 rings (SSSR count). The number of aliphatic hydroxyl groups is 1. The van der Waals surface area contributed by atoms with E-state index in [9.17, 15) is 9.90 Å². The monoisotopic (exact) mass is 281 g/mol. The van der Waals surface area contributed by atoms with Crippen molar-refractivity contribution in [2.45, 2.75) is 58.6 Å². The van der Waals surface area contributed by atoms with Crippen LogP contribution in [0.2, 0.25) is 0 Å². The number of aliphatic hydroxyl groups excluding tert-OH is 1. The molecule has 20 heavy (non-hydrogen) atoms. The number of hydrogen-bond donors (Lipinski definition) is 3. The van der Waals surface area contributed by atoms with Gasteiger partial charge in [-0.05, 0) is 38.8 Å². The predicted molar refractivity (Wildman–Crippen MR) is 81.8 cm³/mol. The summed E-state index contributed by atoms with van der Waals surface area (Å²) in [7, 11) is 0. The Morgan fingerprint density at radius 2 is 1.80 bits per heavy atom. The number of nitrogens with two attached hydrogens (primary N) is 1. The lowest BCUT2D eigenvalue weighted by Crippen LogP contribution is -2.26. The van der Waals surface area contributed by atoms with E-state index < -0.39 is 12.1 Å². The zero-order valence-electron chi connectivity index (χ0n) is 12.9. The maximum Gasteiger partial charge on any atom is 0.336 e. The second kappa shape index (κ2) is 8.72. The van der Waals surface area contributed by atoms with E-state index in [0.29, 0.717) is 12.0 Å². The molecule has 114 valence electrons. The summed E-state index contributed by atoms with van der Waals surface area (Å²) < 4.78 is 0. The van der Waals surface area contributed by atoms with Crippen molar-refractivity contribution < 1.29 is 15.0 Å². The molecule has 0 spiro atoms. The highest BCUT2D eigenvalue weighted by Gasteiger charge is 2.15. The molecule has 0 saturated heterocycles. The van der Waals surface area contributed by atoms with Crippen molar-refractivity contribution in [1.29, 1.82) is 0 Å². The number of carbonyl (C=O) groups is 1. The highest BCUT2D eigenvalue weighted by Crippen LogP contribution is 2.22. The molecule has 0 amide bonds. The van der Waals surface area contributed by atoms with Crippen LogP contribution in [0.5, 0.6) is 0 Å². The Morgan fingerprint density at radius 1 is 1.30 bits per heavy atom. The van der Waals surface area contributed by atoms with Gasteiger partial charge in [0.25, 0.3) is 0 Å². The lowest BCUT2D eigenvalue weighted by molar-refractivity contribution is 0.0688. The number of carboxylic acid groups (broad SMARTS) is 1. The maximum atomic E-state index is 10.9. The molecule has 4 heteroatoms. The summed E-state index contributed by atoms with van der Waals surface area (Å²) in [5, 5.41) is 18.7. The number of unbranched alkanes of at least 4 members (excludes halogenated alkanes) is 1. The molecule has 0 heterocycles. The van der Waals surface area contributed by atoms with Crippen LogP contribution < -0.4 is 5.73 Å². The molecule has 0 aliphatic heterocycles. The van der Waals surface area contributed by atoms with Crippen LogP contribution in [0.1, 0.15) is 69.0 Å². The molecule has 1 aromatic carbocycles. The summed E-state index contributed by atoms with van der Waals surface area (Å²) in [6.45, 7) is 7.93. The molecule has 0 aromatic heterocycles. The van der Waals surface area contributed by atoms with E-state index in [0.717, 1.165) is 12.8 Å². The average molecular weight is 281 g/mol. The van der Waals surface area contributed by atoms with E-state index in [-0.39, 0.29) is 11.1 Å². The van der Waals surface area contributed by atoms with Crippen molar-refractivity contribution >= 4 is 5.97 Å². The first kappa shape index (κ1) is 18.6. The lowest BCUT2D eigenvalue weighted by Gasteiger charge is -2.12. The van der Waals surface area contributed by atoms with Crippen molar-refractivity contribution in [3.8, 4) is 0 Å². The van der Waals surface area contributed by atoms with Gasteiger partial charge in [-0.15, -0.1) is 0 Å². The first-order chi connectivity index (χ1) is 9.16. The van der Waals surface area contributed by atoms with Crippen LogP contribution >= 0.6 is 0 Å². The Bertz CT molecular complexity index is 404. The van der Waals surface area contributed by atoms with E-state index in [1.807, 2.05) is 27.7 Å². The van der Waals surface area contributed by atoms with Crippen LogP contribution in [-0.2, 0) is 0 Å². The summed E-state index contributed by atoms with van der Waals surface area (Å²) >= 11 is 0. The Kier molecular flexibility index (Phi) is 8.11. The maximum absolute atomic E-state index is 10.9. The Morgan fingerprint density at radius 3 is 2.25 bits per heavy atom. The highest BCUT2D eigenvalue weighted by molar-refractivity contribution is 5.89. The normalized spacial score (nSPS) is 12.3.